The summed E-state index contributed by atoms with van der Waals surface area (Å²) in [6, 6.07) is 6.10. The minimum atomic E-state index is -1.59. The number of aliphatic hydroxyl groups is 1. The highest BCUT2D eigenvalue weighted by molar-refractivity contribution is 8.00. The van der Waals surface area contributed by atoms with Gasteiger partial charge in [-0.15, -0.1) is 11.8 Å². The number of anilines is 1. The molecule has 1 saturated carbocycles. The Balaban J connectivity index is 1.74. The summed E-state index contributed by atoms with van der Waals surface area (Å²) in [6.45, 7) is 2.02. The lowest BCUT2D eigenvalue weighted by Crippen LogP contribution is -2.28. The van der Waals surface area contributed by atoms with E-state index in [0.29, 0.717) is 28.5 Å². The number of nitrogens with one attached hydrogen (secondary N) is 1. The highest BCUT2D eigenvalue weighted by atomic mass is 35.5. The third kappa shape index (κ3) is 4.82. The fraction of sp³-hybridized carbons (Fsp3) is 0.350. The predicted molar refractivity (Wildman–Crippen MR) is 104 cm³/mol. The Morgan fingerprint density at radius 2 is 1.86 bits per heavy atom. The molecule has 0 bridgehead atoms. The van der Waals surface area contributed by atoms with Crippen LogP contribution in [0.2, 0.25) is 5.02 Å². The second kappa shape index (κ2) is 8.76. The number of halogens is 4. The number of benzene rings is 2. The highest BCUT2D eigenvalue weighted by Gasteiger charge is 2.27. The van der Waals surface area contributed by atoms with Crippen molar-refractivity contribution in [3.05, 3.63) is 58.4 Å². The molecule has 1 aliphatic carbocycles. The van der Waals surface area contributed by atoms with Crippen LogP contribution in [0.15, 0.2) is 35.2 Å². The van der Waals surface area contributed by atoms with Gasteiger partial charge in [0.2, 0.25) is 0 Å². The van der Waals surface area contributed by atoms with Crippen LogP contribution in [-0.4, -0.2) is 22.4 Å². The normalized spacial score (nSPS) is 22.1. The number of carbonyl (C=O) groups is 1. The van der Waals surface area contributed by atoms with Crippen molar-refractivity contribution in [2.24, 2.45) is 5.92 Å². The maximum absolute atomic E-state index is 13.3. The minimum absolute atomic E-state index is 0.183. The Bertz CT molecular complexity index is 873. The first-order chi connectivity index (χ1) is 13.2. The Hall–Kier alpha value is -1.70. The van der Waals surface area contributed by atoms with E-state index >= 15 is 0 Å². The summed E-state index contributed by atoms with van der Waals surface area (Å²) in [5.74, 6) is -4.69. The molecular formula is C20H19ClF3NO2S. The van der Waals surface area contributed by atoms with Crippen LogP contribution >= 0.6 is 23.4 Å². The molecule has 0 heterocycles. The molecule has 1 aliphatic rings. The van der Waals surface area contributed by atoms with Crippen LogP contribution in [0, 0.1) is 23.4 Å². The molecule has 2 aromatic rings. The second-order valence-corrected chi connectivity index (χ2v) is 8.70. The van der Waals surface area contributed by atoms with Gasteiger partial charge in [-0.2, -0.15) is 0 Å². The van der Waals surface area contributed by atoms with E-state index in [4.69, 9.17) is 11.6 Å². The van der Waals surface area contributed by atoms with E-state index in [1.54, 1.807) is 12.1 Å². The summed E-state index contributed by atoms with van der Waals surface area (Å²) < 4.78 is 39.7. The molecular weight excluding hydrogens is 411 g/mol. The Morgan fingerprint density at radius 3 is 2.50 bits per heavy atom. The van der Waals surface area contributed by atoms with Crippen LogP contribution in [-0.2, 0) is 0 Å². The van der Waals surface area contributed by atoms with E-state index in [-0.39, 0.29) is 28.5 Å². The molecule has 3 unspecified atom stereocenters. The molecule has 3 nitrogen and oxygen atoms in total. The van der Waals surface area contributed by atoms with Gasteiger partial charge in [-0.05, 0) is 43.4 Å². The number of hydrogen-bond donors (Lipinski definition) is 2. The molecule has 3 rings (SSSR count). The van der Waals surface area contributed by atoms with Gasteiger partial charge >= 0.3 is 0 Å². The van der Waals surface area contributed by atoms with Crippen LogP contribution in [0.5, 0.6) is 0 Å². The van der Waals surface area contributed by atoms with Crippen molar-refractivity contribution in [1.29, 1.82) is 0 Å². The number of aliphatic hydroxyl groups excluding tert-OH is 1. The molecule has 0 spiro atoms. The maximum Gasteiger partial charge on any atom is 0.255 e. The monoisotopic (exact) mass is 429 g/mol. The van der Waals surface area contributed by atoms with Gasteiger partial charge in [0.15, 0.2) is 17.5 Å². The van der Waals surface area contributed by atoms with Crippen molar-refractivity contribution in [3.63, 3.8) is 0 Å². The molecule has 0 radical (unpaired) electrons. The molecule has 2 aromatic carbocycles. The number of amides is 1. The molecule has 1 fully saturated rings. The number of thioether (sulfide) groups is 1. The third-order valence-corrected chi connectivity index (χ3v) is 6.63. The molecule has 150 valence electrons. The summed E-state index contributed by atoms with van der Waals surface area (Å²) in [7, 11) is 0. The molecule has 0 aliphatic heterocycles. The van der Waals surface area contributed by atoms with E-state index in [1.807, 2.05) is 6.92 Å². The molecule has 8 heteroatoms. The lowest BCUT2D eigenvalue weighted by atomic mass is 9.88. The molecule has 0 aromatic heterocycles. The summed E-state index contributed by atoms with van der Waals surface area (Å²) in [4.78, 5) is 13.1. The van der Waals surface area contributed by atoms with Crippen LogP contribution in [0.3, 0.4) is 0 Å². The zero-order valence-corrected chi connectivity index (χ0v) is 16.6. The van der Waals surface area contributed by atoms with Gasteiger partial charge < -0.3 is 10.4 Å². The van der Waals surface area contributed by atoms with Crippen LogP contribution in [0.25, 0.3) is 0 Å². The lowest BCUT2D eigenvalue weighted by molar-refractivity contribution is 0.0820. The zero-order valence-electron chi connectivity index (χ0n) is 15.0. The van der Waals surface area contributed by atoms with Crippen molar-refractivity contribution in [3.8, 4) is 0 Å². The first-order valence-electron chi connectivity index (χ1n) is 8.84. The first kappa shape index (κ1) is 21.0. The number of rotatable bonds is 4. The van der Waals surface area contributed by atoms with Crippen molar-refractivity contribution < 1.29 is 23.1 Å². The van der Waals surface area contributed by atoms with Crippen molar-refractivity contribution in [2.45, 2.75) is 42.4 Å². The molecule has 1 amide bonds. The zero-order chi connectivity index (χ0) is 20.4. The minimum Gasteiger partial charge on any atom is -0.393 e. The highest BCUT2D eigenvalue weighted by Crippen LogP contribution is 2.39. The Kier molecular flexibility index (Phi) is 6.58. The predicted octanol–water partition coefficient (Wildman–Crippen LogP) is 5.65. The average Bonchev–Trinajstić information content (AvgIpc) is 2.64. The number of hydrogen-bond acceptors (Lipinski definition) is 3. The average molecular weight is 430 g/mol. The largest absolute Gasteiger partial charge is 0.393 e. The summed E-state index contributed by atoms with van der Waals surface area (Å²) in [6.07, 6.45) is 2.13. The molecule has 28 heavy (non-hydrogen) atoms. The van der Waals surface area contributed by atoms with E-state index in [2.05, 4.69) is 5.32 Å². The van der Waals surface area contributed by atoms with E-state index < -0.39 is 23.4 Å². The maximum atomic E-state index is 13.3. The molecule has 2 N–H and O–H groups in total. The van der Waals surface area contributed by atoms with E-state index in [0.717, 1.165) is 12.8 Å². The molecule has 0 saturated heterocycles. The van der Waals surface area contributed by atoms with Gasteiger partial charge in [0.1, 0.15) is 0 Å². The van der Waals surface area contributed by atoms with Gasteiger partial charge in [-0.3, -0.25) is 4.79 Å². The van der Waals surface area contributed by atoms with Gasteiger partial charge in [0.25, 0.3) is 5.91 Å². The molecule has 3 atom stereocenters. The number of carbonyl (C=O) groups excluding carboxylic acids is 1. The van der Waals surface area contributed by atoms with Crippen LogP contribution in [0.1, 0.15) is 36.5 Å². The van der Waals surface area contributed by atoms with E-state index in [1.165, 1.54) is 17.8 Å². The van der Waals surface area contributed by atoms with Crippen LogP contribution in [0.4, 0.5) is 18.9 Å². The lowest BCUT2D eigenvalue weighted by Gasteiger charge is -2.30. The van der Waals surface area contributed by atoms with Crippen molar-refractivity contribution in [2.75, 3.05) is 5.32 Å². The van der Waals surface area contributed by atoms with Crippen molar-refractivity contribution >= 4 is 35.0 Å². The Labute approximate surface area is 170 Å². The van der Waals surface area contributed by atoms with Crippen molar-refractivity contribution in [1.82, 2.24) is 0 Å². The summed E-state index contributed by atoms with van der Waals surface area (Å²) in [5, 5.41) is 13.1. The van der Waals surface area contributed by atoms with Gasteiger partial charge in [-0.1, -0.05) is 18.5 Å². The van der Waals surface area contributed by atoms with Gasteiger partial charge in [-0.25, -0.2) is 13.2 Å². The summed E-state index contributed by atoms with van der Waals surface area (Å²) in [5.41, 5.74) is 0.0664. The van der Waals surface area contributed by atoms with Gasteiger partial charge in [0, 0.05) is 33.5 Å². The quantitative estimate of drug-likeness (QED) is 0.617. The fourth-order valence-corrected chi connectivity index (χ4v) is 4.65. The second-order valence-electron chi connectivity index (χ2n) is 6.95. The topological polar surface area (TPSA) is 49.3 Å². The van der Waals surface area contributed by atoms with Crippen LogP contribution < -0.4 is 5.32 Å². The van der Waals surface area contributed by atoms with Gasteiger partial charge in [0.05, 0.1) is 11.1 Å². The standard InChI is InChI=1S/C20H19ClF3NO2S/c1-10-2-4-13(9-17(10)26)28-18-6-11(3-5-14(18)21)20(27)25-12-7-15(22)19(24)16(23)8-12/h3,5-8,10,13,17,26H,2,4,9H2,1H3,(H,25,27). The summed E-state index contributed by atoms with van der Waals surface area (Å²) >= 11 is 7.75. The smallest absolute Gasteiger partial charge is 0.255 e. The fourth-order valence-electron chi connectivity index (χ4n) is 3.11. The first-order valence-corrected chi connectivity index (χ1v) is 10.1. The third-order valence-electron chi connectivity index (χ3n) is 4.83. The SMILES string of the molecule is CC1CCC(Sc2cc(C(=O)Nc3cc(F)c(F)c(F)c3)ccc2Cl)CC1O. The van der Waals surface area contributed by atoms with E-state index in [9.17, 15) is 23.1 Å². The Morgan fingerprint density at radius 1 is 1.18 bits per heavy atom.